The molecule has 0 aromatic heterocycles. The van der Waals surface area contributed by atoms with E-state index in [4.69, 9.17) is 9.68 Å². The van der Waals surface area contributed by atoms with E-state index in [9.17, 15) is 9.59 Å². The van der Waals surface area contributed by atoms with Gasteiger partial charge in [-0.3, -0.25) is 9.59 Å². The molecule has 0 aromatic carbocycles. The number of hydrogen-bond acceptors (Lipinski definition) is 7. The molecule has 0 aliphatic carbocycles. The number of piperidine rings is 2. The second-order valence-corrected chi connectivity index (χ2v) is 13.0. The fraction of sp³-hybridized carbons (Fsp3) is 0.917. The summed E-state index contributed by atoms with van der Waals surface area (Å²) in [6.07, 6.45) is 3.25. The summed E-state index contributed by atoms with van der Waals surface area (Å²) in [6.45, 7) is 17.1. The van der Waals surface area contributed by atoms with Gasteiger partial charge in [-0.25, -0.2) is 0 Å². The number of carbonyl (C=O) groups excluding carboxylic acids is 2. The van der Waals surface area contributed by atoms with Crippen molar-refractivity contribution in [2.45, 2.75) is 115 Å². The van der Waals surface area contributed by atoms with Crippen LogP contribution in [-0.4, -0.2) is 81.9 Å². The third kappa shape index (κ3) is 7.07. The van der Waals surface area contributed by atoms with Gasteiger partial charge in [-0.05, 0) is 81.1 Å². The third-order valence-corrected chi connectivity index (χ3v) is 7.68. The van der Waals surface area contributed by atoms with Crippen LogP contribution in [0, 0.1) is 0 Å². The Balaban J connectivity index is 1.79. The average molecular weight is 487 g/mol. The van der Waals surface area contributed by atoms with Crippen molar-refractivity contribution in [3.63, 3.8) is 0 Å². The maximum atomic E-state index is 12.6. The molecule has 2 rings (SSSR count). The van der Waals surface area contributed by atoms with Gasteiger partial charge in [0, 0.05) is 34.2 Å². The first kappa shape index (κ1) is 28.4. The summed E-state index contributed by atoms with van der Waals surface area (Å²) in [6, 6.07) is 0.164. The van der Waals surface area contributed by atoms with E-state index in [1.54, 1.807) is 14.2 Å². The number of hydroxylamine groups is 4. The smallest absolute Gasteiger partial charge is 0.230 e. The Morgan fingerprint density at radius 1 is 0.697 bits per heavy atom. The monoisotopic (exact) mass is 486 g/mol. The molecule has 0 radical (unpaired) electrons. The van der Waals surface area contributed by atoms with Gasteiger partial charge < -0.3 is 20.3 Å². The Bertz CT molecular complexity index is 617. The highest BCUT2D eigenvalue weighted by atomic mass is 32.2. The summed E-state index contributed by atoms with van der Waals surface area (Å²) in [5.74, 6) is 0.507. The van der Waals surface area contributed by atoms with Crippen LogP contribution in [0.2, 0.25) is 0 Å². The van der Waals surface area contributed by atoms with Crippen LogP contribution in [0.1, 0.15) is 81.1 Å². The van der Waals surface area contributed by atoms with E-state index < -0.39 is 0 Å². The highest BCUT2D eigenvalue weighted by molar-refractivity contribution is 8.00. The lowest BCUT2D eigenvalue weighted by atomic mass is 9.79. The van der Waals surface area contributed by atoms with Crippen molar-refractivity contribution in [2.24, 2.45) is 0 Å². The molecule has 0 saturated carbocycles. The summed E-state index contributed by atoms with van der Waals surface area (Å²) in [5, 5.41) is 10.4. The molecule has 2 aliphatic rings. The van der Waals surface area contributed by atoms with Crippen LogP contribution in [0.15, 0.2) is 0 Å². The predicted molar refractivity (Wildman–Crippen MR) is 134 cm³/mol. The SMILES string of the molecule is CON1C(C)(C)CC(NC(=O)CSCC(=O)NC2CC(C)(C)N(OC)C(C)(C)C2)CC1(C)C. The van der Waals surface area contributed by atoms with E-state index in [2.05, 4.69) is 66.0 Å². The molecule has 8 nitrogen and oxygen atoms in total. The van der Waals surface area contributed by atoms with Crippen molar-refractivity contribution in [1.82, 2.24) is 20.8 Å². The normalized spacial score (nSPS) is 25.5. The number of nitrogens with one attached hydrogen (secondary N) is 2. The molecule has 2 fully saturated rings. The van der Waals surface area contributed by atoms with Gasteiger partial charge in [-0.15, -0.1) is 11.8 Å². The highest BCUT2D eigenvalue weighted by Gasteiger charge is 2.47. The molecular formula is C24H46N4O4S. The lowest BCUT2D eigenvalue weighted by Gasteiger charge is -2.53. The Kier molecular flexibility index (Phi) is 8.94. The second-order valence-electron chi connectivity index (χ2n) is 12.0. The molecule has 192 valence electrons. The van der Waals surface area contributed by atoms with Gasteiger partial charge in [-0.1, -0.05) is 0 Å². The van der Waals surface area contributed by atoms with Gasteiger partial charge in [0.25, 0.3) is 0 Å². The zero-order valence-electron chi connectivity index (χ0n) is 22.3. The van der Waals surface area contributed by atoms with Gasteiger partial charge in [-0.2, -0.15) is 10.1 Å². The number of hydrogen-bond donors (Lipinski definition) is 2. The van der Waals surface area contributed by atoms with E-state index in [0.717, 1.165) is 25.7 Å². The van der Waals surface area contributed by atoms with Crippen molar-refractivity contribution in [3.05, 3.63) is 0 Å². The van der Waals surface area contributed by atoms with Crippen LogP contribution in [0.3, 0.4) is 0 Å². The maximum Gasteiger partial charge on any atom is 0.230 e. The van der Waals surface area contributed by atoms with E-state index >= 15 is 0 Å². The van der Waals surface area contributed by atoms with Crippen molar-refractivity contribution in [3.8, 4) is 0 Å². The molecule has 0 atom stereocenters. The second kappa shape index (κ2) is 10.4. The standard InChI is InChI=1S/C24H46N4O4S/c1-21(2)11-17(12-22(3,4)27(21)31-9)25-19(29)15-33-16-20(30)26-18-13-23(5,6)28(32-10)24(7,8)14-18/h17-18H,11-16H2,1-10H3,(H,25,29)(H,26,30). The number of nitrogens with zero attached hydrogens (tertiary/aromatic N) is 2. The van der Waals surface area contributed by atoms with Gasteiger partial charge in [0.1, 0.15) is 0 Å². The van der Waals surface area contributed by atoms with Crippen molar-refractivity contribution in [1.29, 1.82) is 0 Å². The Hall–Kier alpha value is -0.870. The zero-order valence-corrected chi connectivity index (χ0v) is 23.1. The Morgan fingerprint density at radius 3 is 1.21 bits per heavy atom. The minimum atomic E-state index is -0.179. The minimum Gasteiger partial charge on any atom is -0.353 e. The van der Waals surface area contributed by atoms with Gasteiger partial charge in [0.05, 0.1) is 25.7 Å². The first-order chi connectivity index (χ1) is 15.0. The molecule has 2 N–H and O–H groups in total. The Labute approximate surface area is 204 Å². The van der Waals surface area contributed by atoms with Gasteiger partial charge in [0.2, 0.25) is 11.8 Å². The fourth-order valence-corrected chi connectivity index (χ4v) is 7.13. The number of rotatable bonds is 8. The van der Waals surface area contributed by atoms with E-state index in [0.29, 0.717) is 0 Å². The maximum absolute atomic E-state index is 12.6. The molecule has 33 heavy (non-hydrogen) atoms. The molecule has 0 unspecified atom stereocenters. The first-order valence-corrected chi connectivity index (χ1v) is 13.0. The summed E-state index contributed by atoms with van der Waals surface area (Å²) in [4.78, 5) is 36.4. The summed E-state index contributed by atoms with van der Waals surface area (Å²) < 4.78 is 0. The third-order valence-electron chi connectivity index (χ3n) is 6.74. The zero-order chi connectivity index (χ0) is 25.2. The number of amides is 2. The molecule has 0 bridgehead atoms. The predicted octanol–water partition coefficient (Wildman–Crippen LogP) is 3.12. The van der Waals surface area contributed by atoms with E-state index in [-0.39, 0.29) is 57.6 Å². The summed E-state index contributed by atoms with van der Waals surface area (Å²) in [7, 11) is 3.40. The largest absolute Gasteiger partial charge is 0.353 e. The molecule has 2 heterocycles. The van der Waals surface area contributed by atoms with Crippen molar-refractivity contribution >= 4 is 23.6 Å². The van der Waals surface area contributed by atoms with E-state index in [1.165, 1.54) is 11.8 Å². The average Bonchev–Trinajstić information content (AvgIpc) is 2.57. The van der Waals surface area contributed by atoms with Crippen LogP contribution < -0.4 is 10.6 Å². The molecule has 2 amide bonds. The lowest BCUT2D eigenvalue weighted by Crippen LogP contribution is -2.63. The molecule has 2 aliphatic heterocycles. The molecule has 0 aromatic rings. The first-order valence-electron chi connectivity index (χ1n) is 11.9. The van der Waals surface area contributed by atoms with Crippen LogP contribution in [0.4, 0.5) is 0 Å². The molecule has 9 heteroatoms. The van der Waals surface area contributed by atoms with Gasteiger partial charge in [0.15, 0.2) is 0 Å². The summed E-state index contributed by atoms with van der Waals surface area (Å²) in [5.41, 5.74) is -0.717. The van der Waals surface area contributed by atoms with Crippen LogP contribution in [-0.2, 0) is 19.3 Å². The summed E-state index contributed by atoms with van der Waals surface area (Å²) >= 11 is 1.36. The molecular weight excluding hydrogens is 440 g/mol. The minimum absolute atomic E-state index is 0.0223. The number of thioether (sulfide) groups is 1. The number of carbonyl (C=O) groups is 2. The molecule has 0 spiro atoms. The van der Waals surface area contributed by atoms with Crippen molar-refractivity contribution < 1.29 is 19.3 Å². The van der Waals surface area contributed by atoms with Crippen LogP contribution in [0.25, 0.3) is 0 Å². The van der Waals surface area contributed by atoms with Crippen LogP contribution >= 0.6 is 11.8 Å². The fourth-order valence-electron chi connectivity index (χ4n) is 6.49. The topological polar surface area (TPSA) is 83.1 Å². The van der Waals surface area contributed by atoms with Gasteiger partial charge >= 0.3 is 0 Å². The lowest BCUT2D eigenvalue weighted by molar-refractivity contribution is -0.267. The van der Waals surface area contributed by atoms with E-state index in [1.807, 2.05) is 10.1 Å². The Morgan fingerprint density at radius 2 is 0.970 bits per heavy atom. The highest BCUT2D eigenvalue weighted by Crippen LogP contribution is 2.39. The molecule has 2 saturated heterocycles. The van der Waals surface area contributed by atoms with Crippen molar-refractivity contribution in [2.75, 3.05) is 25.7 Å². The quantitative estimate of drug-likeness (QED) is 0.545. The van der Waals surface area contributed by atoms with Crippen LogP contribution in [0.5, 0.6) is 0 Å².